The lowest BCUT2D eigenvalue weighted by Gasteiger charge is -2.22. The predicted octanol–water partition coefficient (Wildman–Crippen LogP) is 2.71. The summed E-state index contributed by atoms with van der Waals surface area (Å²) >= 11 is 0. The van der Waals surface area contributed by atoms with E-state index in [1.165, 1.54) is 12.4 Å². The zero-order valence-corrected chi connectivity index (χ0v) is 10.7. The van der Waals surface area contributed by atoms with Gasteiger partial charge in [0.1, 0.15) is 11.8 Å². The van der Waals surface area contributed by atoms with Gasteiger partial charge < -0.3 is 9.47 Å². The summed E-state index contributed by atoms with van der Waals surface area (Å²) in [5.41, 5.74) is -0.609. The number of hydrogen-bond acceptors (Lipinski definition) is 5. The molecule has 6 heteroatoms. The Hall–Kier alpha value is -1.85. The highest BCUT2D eigenvalue weighted by Gasteiger charge is 2.31. The maximum Gasteiger partial charge on any atom is 0.332 e. The minimum atomic E-state index is -0.500. The third-order valence-electron chi connectivity index (χ3n) is 2.27. The summed E-state index contributed by atoms with van der Waals surface area (Å²) in [5, 5.41) is 11.0. The number of nitro groups is 1. The molecule has 1 aliphatic rings. The number of pyridine rings is 1. The first-order chi connectivity index (χ1) is 8.37. The molecule has 18 heavy (non-hydrogen) atoms. The molecule has 0 N–H and O–H groups in total. The van der Waals surface area contributed by atoms with Crippen LogP contribution in [0.2, 0.25) is 0 Å². The molecule has 2 rings (SSSR count). The van der Waals surface area contributed by atoms with Crippen LogP contribution >= 0.6 is 0 Å². The molecule has 0 spiro atoms. The van der Waals surface area contributed by atoms with E-state index in [4.69, 9.17) is 9.47 Å². The predicted molar refractivity (Wildman–Crippen MR) is 64.9 cm³/mol. The second-order valence-corrected chi connectivity index (χ2v) is 5.27. The molecule has 1 saturated carbocycles. The van der Waals surface area contributed by atoms with Gasteiger partial charge >= 0.3 is 5.69 Å². The van der Waals surface area contributed by atoms with Crippen molar-refractivity contribution in [2.45, 2.75) is 45.3 Å². The fourth-order valence-corrected chi connectivity index (χ4v) is 1.42. The van der Waals surface area contributed by atoms with Gasteiger partial charge in [0.05, 0.1) is 17.2 Å². The van der Waals surface area contributed by atoms with E-state index in [2.05, 4.69) is 4.98 Å². The zero-order chi connectivity index (χ0) is 13.3. The largest absolute Gasteiger partial charge is 0.482 e. The van der Waals surface area contributed by atoms with Crippen LogP contribution in [-0.4, -0.2) is 21.6 Å². The Morgan fingerprint density at radius 3 is 2.56 bits per heavy atom. The van der Waals surface area contributed by atoms with Crippen molar-refractivity contribution in [2.75, 3.05) is 0 Å². The van der Waals surface area contributed by atoms with Gasteiger partial charge in [-0.2, -0.15) is 0 Å². The van der Waals surface area contributed by atoms with Crippen LogP contribution in [0.4, 0.5) is 5.69 Å². The van der Waals surface area contributed by atoms with Gasteiger partial charge in [0, 0.05) is 0 Å². The second kappa shape index (κ2) is 4.44. The van der Waals surface area contributed by atoms with E-state index < -0.39 is 10.5 Å². The van der Waals surface area contributed by atoms with Gasteiger partial charge in [-0.05, 0) is 33.6 Å². The lowest BCUT2D eigenvalue weighted by atomic mass is 10.2. The molecule has 1 aliphatic carbocycles. The highest BCUT2D eigenvalue weighted by atomic mass is 16.6. The normalized spacial score (nSPS) is 15.3. The summed E-state index contributed by atoms with van der Waals surface area (Å²) < 4.78 is 11.2. The Balaban J connectivity index is 2.36. The molecule has 0 amide bonds. The van der Waals surface area contributed by atoms with E-state index in [1.807, 2.05) is 20.8 Å². The standard InChI is InChI=1S/C12H16N2O4/c1-12(2,3)18-10-7-13-6-9(14(15)16)11(10)17-8-4-5-8/h6-8H,4-5H2,1-3H3. The molecule has 0 bridgehead atoms. The monoisotopic (exact) mass is 252 g/mol. The number of ether oxygens (including phenoxy) is 2. The fourth-order valence-electron chi connectivity index (χ4n) is 1.42. The van der Waals surface area contributed by atoms with Crippen molar-refractivity contribution in [2.24, 2.45) is 0 Å². The molecule has 1 fully saturated rings. The molecular formula is C12H16N2O4. The van der Waals surface area contributed by atoms with Crippen molar-refractivity contribution in [1.82, 2.24) is 4.98 Å². The molecule has 0 unspecified atom stereocenters. The van der Waals surface area contributed by atoms with E-state index in [0.29, 0.717) is 5.75 Å². The van der Waals surface area contributed by atoms with Crippen LogP contribution in [0, 0.1) is 10.1 Å². The van der Waals surface area contributed by atoms with Crippen LogP contribution in [-0.2, 0) is 0 Å². The van der Waals surface area contributed by atoms with Gasteiger partial charge in [0.25, 0.3) is 0 Å². The molecule has 98 valence electrons. The first-order valence-corrected chi connectivity index (χ1v) is 5.85. The fraction of sp³-hybridized carbons (Fsp3) is 0.583. The molecule has 0 aromatic carbocycles. The summed E-state index contributed by atoms with van der Waals surface area (Å²) in [6, 6.07) is 0. The average Bonchev–Trinajstić information content (AvgIpc) is 3.01. The van der Waals surface area contributed by atoms with E-state index >= 15 is 0 Å². The molecular weight excluding hydrogens is 236 g/mol. The Morgan fingerprint density at radius 2 is 2.06 bits per heavy atom. The van der Waals surface area contributed by atoms with E-state index in [9.17, 15) is 10.1 Å². The Morgan fingerprint density at radius 1 is 1.39 bits per heavy atom. The lowest BCUT2D eigenvalue weighted by molar-refractivity contribution is -0.386. The third kappa shape index (κ3) is 3.09. The van der Waals surface area contributed by atoms with Crippen LogP contribution in [0.3, 0.4) is 0 Å². The number of nitrogens with zero attached hydrogens (tertiary/aromatic N) is 2. The number of aromatic nitrogens is 1. The molecule has 0 aliphatic heterocycles. The van der Waals surface area contributed by atoms with E-state index in [-0.39, 0.29) is 17.5 Å². The molecule has 6 nitrogen and oxygen atoms in total. The quantitative estimate of drug-likeness (QED) is 0.608. The highest BCUT2D eigenvalue weighted by Crippen LogP contribution is 2.41. The topological polar surface area (TPSA) is 74.5 Å². The van der Waals surface area contributed by atoms with E-state index in [0.717, 1.165) is 12.8 Å². The van der Waals surface area contributed by atoms with Crippen molar-refractivity contribution in [3.8, 4) is 11.5 Å². The second-order valence-electron chi connectivity index (χ2n) is 5.27. The van der Waals surface area contributed by atoms with Crippen molar-refractivity contribution in [3.63, 3.8) is 0 Å². The van der Waals surface area contributed by atoms with Gasteiger partial charge in [-0.1, -0.05) is 0 Å². The SMILES string of the molecule is CC(C)(C)Oc1cncc([N+](=O)[O-])c1OC1CC1. The van der Waals surface area contributed by atoms with E-state index in [1.54, 1.807) is 0 Å². The van der Waals surface area contributed by atoms with Gasteiger partial charge in [0.2, 0.25) is 5.75 Å². The highest BCUT2D eigenvalue weighted by molar-refractivity contribution is 5.53. The van der Waals surface area contributed by atoms with Crippen LogP contribution in [0.15, 0.2) is 12.4 Å². The average molecular weight is 252 g/mol. The zero-order valence-electron chi connectivity index (χ0n) is 10.7. The minimum Gasteiger partial charge on any atom is -0.482 e. The van der Waals surface area contributed by atoms with Crippen LogP contribution in [0.1, 0.15) is 33.6 Å². The first-order valence-electron chi connectivity index (χ1n) is 5.85. The van der Waals surface area contributed by atoms with Crippen LogP contribution in [0.5, 0.6) is 11.5 Å². The Bertz CT molecular complexity index is 464. The van der Waals surface area contributed by atoms with Gasteiger partial charge in [-0.15, -0.1) is 0 Å². The van der Waals surface area contributed by atoms with Crippen molar-refractivity contribution in [3.05, 3.63) is 22.5 Å². The van der Waals surface area contributed by atoms with Crippen LogP contribution in [0.25, 0.3) is 0 Å². The third-order valence-corrected chi connectivity index (χ3v) is 2.27. The van der Waals surface area contributed by atoms with Gasteiger partial charge in [-0.3, -0.25) is 15.1 Å². The summed E-state index contributed by atoms with van der Waals surface area (Å²) in [7, 11) is 0. The minimum absolute atomic E-state index is 0.0634. The van der Waals surface area contributed by atoms with Crippen molar-refractivity contribution in [1.29, 1.82) is 0 Å². The Labute approximate surface area is 105 Å². The lowest BCUT2D eigenvalue weighted by Crippen LogP contribution is -2.23. The van der Waals surface area contributed by atoms with Gasteiger partial charge in [-0.25, -0.2) is 0 Å². The summed E-state index contributed by atoms with van der Waals surface area (Å²) in [4.78, 5) is 14.3. The molecule has 1 aromatic rings. The smallest absolute Gasteiger partial charge is 0.332 e. The Kier molecular flexibility index (Phi) is 3.11. The first kappa shape index (κ1) is 12.6. The number of hydrogen-bond donors (Lipinski definition) is 0. The van der Waals surface area contributed by atoms with Crippen LogP contribution < -0.4 is 9.47 Å². The summed E-state index contributed by atoms with van der Waals surface area (Å²) in [6.45, 7) is 5.60. The van der Waals surface area contributed by atoms with Gasteiger partial charge in [0.15, 0.2) is 5.75 Å². The molecule has 0 saturated heterocycles. The molecule has 1 heterocycles. The van der Waals surface area contributed by atoms with Crippen molar-refractivity contribution < 1.29 is 14.4 Å². The molecule has 0 atom stereocenters. The van der Waals surface area contributed by atoms with Crippen molar-refractivity contribution >= 4 is 5.69 Å². The maximum absolute atomic E-state index is 11.0. The molecule has 1 aromatic heterocycles. The maximum atomic E-state index is 11.0. The number of rotatable bonds is 4. The summed E-state index contributed by atoms with van der Waals surface area (Å²) in [5.74, 6) is 0.510. The summed E-state index contributed by atoms with van der Waals surface area (Å²) in [6.07, 6.45) is 4.56. The molecule has 0 radical (unpaired) electrons.